The quantitative estimate of drug-likeness (QED) is 0.346. The third-order valence-electron chi connectivity index (χ3n) is 10.3. The molecule has 150 valence electrons. The van der Waals surface area contributed by atoms with E-state index in [0.29, 0.717) is 28.1 Å². The first kappa shape index (κ1) is 19.7. The van der Waals surface area contributed by atoms with E-state index in [1.54, 1.807) is 5.57 Å². The highest BCUT2D eigenvalue weighted by Gasteiger charge is 2.58. The zero-order chi connectivity index (χ0) is 19.8. The van der Waals surface area contributed by atoms with E-state index in [-0.39, 0.29) is 5.41 Å². The fraction of sp³-hybridized carbons (Fsp3) is 0.800. The summed E-state index contributed by atoms with van der Waals surface area (Å²) >= 11 is 0. The molecule has 0 N–H and O–H groups in total. The van der Waals surface area contributed by atoms with E-state index in [4.69, 9.17) is 0 Å². The van der Waals surface area contributed by atoms with Gasteiger partial charge in [0.15, 0.2) is 5.78 Å². The van der Waals surface area contributed by atoms with Gasteiger partial charge in [0.05, 0.1) is 8.07 Å². The molecule has 0 aromatic rings. The van der Waals surface area contributed by atoms with Gasteiger partial charge < -0.3 is 0 Å². The molecule has 2 saturated carbocycles. The minimum atomic E-state index is -1.30. The van der Waals surface area contributed by atoms with Gasteiger partial charge in [-0.2, -0.15) is 0 Å². The van der Waals surface area contributed by atoms with Crippen molar-refractivity contribution in [1.82, 2.24) is 0 Å². The maximum Gasteiger partial charge on any atom is 0.161 e. The zero-order valence-corrected chi connectivity index (χ0v) is 19.7. The van der Waals surface area contributed by atoms with Crippen molar-refractivity contribution < 1.29 is 4.79 Å². The van der Waals surface area contributed by atoms with Crippen LogP contribution >= 0.6 is 0 Å². The van der Waals surface area contributed by atoms with Gasteiger partial charge in [-0.3, -0.25) is 4.79 Å². The molecule has 0 heterocycles. The first-order valence-electron chi connectivity index (χ1n) is 11.3. The van der Waals surface area contributed by atoms with Gasteiger partial charge in [0, 0.05) is 5.41 Å². The van der Waals surface area contributed by atoms with Crippen LogP contribution in [0.25, 0.3) is 0 Å². The van der Waals surface area contributed by atoms with Crippen molar-refractivity contribution in [2.24, 2.45) is 28.6 Å². The second kappa shape index (κ2) is 5.94. The standard InChI is InChI=1S/C25H40OSi/c1-23(2,3)27(6,7)18-12-14-24(4)17(16-18)8-9-19-20-10-11-22(26)25(20,5)15-13-21(19)24/h8,10-11,18-21H,9,12-16H2,1-7H3/t18-,19?,20?,21?,24-,25-/m0/s1. The molecule has 2 fully saturated rings. The minimum absolute atomic E-state index is 0.0960. The molecule has 6 atom stereocenters. The first-order chi connectivity index (χ1) is 12.4. The van der Waals surface area contributed by atoms with Gasteiger partial charge in [0.25, 0.3) is 0 Å². The molecule has 0 spiro atoms. The Bertz CT molecular complexity index is 708. The van der Waals surface area contributed by atoms with Crippen LogP contribution in [0.1, 0.15) is 73.1 Å². The molecule has 0 aromatic carbocycles. The lowest BCUT2D eigenvalue weighted by Crippen LogP contribution is -2.52. The summed E-state index contributed by atoms with van der Waals surface area (Å²) in [6.07, 6.45) is 14.5. The molecule has 4 aliphatic rings. The Morgan fingerprint density at radius 1 is 1.07 bits per heavy atom. The highest BCUT2D eigenvalue weighted by atomic mass is 28.3. The summed E-state index contributed by atoms with van der Waals surface area (Å²) in [6, 6.07) is 0. The lowest BCUT2D eigenvalue weighted by Gasteiger charge is -2.58. The maximum atomic E-state index is 12.5. The normalized spacial score (nSPS) is 44.4. The molecule has 1 nitrogen and oxygen atoms in total. The summed E-state index contributed by atoms with van der Waals surface area (Å²) in [4.78, 5) is 12.5. The van der Waals surface area contributed by atoms with E-state index in [0.717, 1.165) is 17.9 Å². The van der Waals surface area contributed by atoms with Crippen molar-refractivity contribution in [2.75, 3.05) is 0 Å². The minimum Gasteiger partial charge on any atom is -0.294 e. The Balaban J connectivity index is 1.62. The topological polar surface area (TPSA) is 17.1 Å². The van der Waals surface area contributed by atoms with Crippen LogP contribution in [0.15, 0.2) is 23.8 Å². The van der Waals surface area contributed by atoms with Crippen molar-refractivity contribution in [3.63, 3.8) is 0 Å². The van der Waals surface area contributed by atoms with E-state index in [2.05, 4.69) is 59.9 Å². The number of carbonyl (C=O) groups excluding carboxylic acids is 1. The summed E-state index contributed by atoms with van der Waals surface area (Å²) in [5, 5.41) is 0.477. The molecule has 0 amide bonds. The smallest absolute Gasteiger partial charge is 0.161 e. The molecule has 0 aliphatic heterocycles. The van der Waals surface area contributed by atoms with Gasteiger partial charge >= 0.3 is 0 Å². The van der Waals surface area contributed by atoms with E-state index in [9.17, 15) is 4.79 Å². The molecular formula is C25H40OSi. The van der Waals surface area contributed by atoms with E-state index >= 15 is 0 Å². The number of ketones is 1. The van der Waals surface area contributed by atoms with E-state index in [1.165, 1.54) is 32.1 Å². The lowest BCUT2D eigenvalue weighted by atomic mass is 9.48. The summed E-state index contributed by atoms with van der Waals surface area (Å²) in [5.74, 6) is 2.35. The Kier molecular flexibility index (Phi) is 4.33. The number of hydrogen-bond donors (Lipinski definition) is 0. The average molecular weight is 385 g/mol. The molecule has 4 aliphatic carbocycles. The second-order valence-corrected chi connectivity index (χ2v) is 18.0. The highest BCUT2D eigenvalue weighted by Crippen LogP contribution is 2.65. The molecule has 3 unspecified atom stereocenters. The number of rotatable bonds is 1. The van der Waals surface area contributed by atoms with Gasteiger partial charge in [-0.15, -0.1) is 0 Å². The Morgan fingerprint density at radius 2 is 1.74 bits per heavy atom. The number of allylic oxidation sites excluding steroid dienone is 4. The SMILES string of the molecule is CC(C)(C)[Si](C)(C)[C@H]1CC[C@@]2(C)C(=CCC3C2CC[C@]2(C)C(=O)C=CC32)C1. The Labute approximate surface area is 168 Å². The predicted molar refractivity (Wildman–Crippen MR) is 118 cm³/mol. The van der Waals surface area contributed by atoms with E-state index < -0.39 is 8.07 Å². The van der Waals surface area contributed by atoms with Crippen molar-refractivity contribution >= 4 is 13.9 Å². The van der Waals surface area contributed by atoms with Crippen LogP contribution in [-0.2, 0) is 4.79 Å². The van der Waals surface area contributed by atoms with Gasteiger partial charge in [-0.1, -0.05) is 71.9 Å². The number of carbonyl (C=O) groups is 1. The molecule has 0 bridgehead atoms. The third kappa shape index (κ3) is 2.64. The molecule has 27 heavy (non-hydrogen) atoms. The fourth-order valence-electron chi connectivity index (χ4n) is 7.17. The number of fused-ring (bicyclic) bond motifs is 5. The number of hydrogen-bond acceptors (Lipinski definition) is 1. The molecule has 0 radical (unpaired) electrons. The highest BCUT2D eigenvalue weighted by molar-refractivity contribution is 6.81. The second-order valence-electron chi connectivity index (χ2n) is 12.3. The Morgan fingerprint density at radius 3 is 2.41 bits per heavy atom. The fourth-order valence-corrected chi connectivity index (χ4v) is 9.99. The van der Waals surface area contributed by atoms with Crippen molar-refractivity contribution in [3.05, 3.63) is 23.8 Å². The van der Waals surface area contributed by atoms with Crippen LogP contribution in [0.2, 0.25) is 23.7 Å². The molecular weight excluding hydrogens is 344 g/mol. The van der Waals surface area contributed by atoms with Crippen LogP contribution < -0.4 is 0 Å². The van der Waals surface area contributed by atoms with E-state index in [1.807, 2.05) is 6.08 Å². The van der Waals surface area contributed by atoms with Gasteiger partial charge in [-0.25, -0.2) is 0 Å². The largest absolute Gasteiger partial charge is 0.294 e. The van der Waals surface area contributed by atoms with Gasteiger partial charge in [0.2, 0.25) is 0 Å². The van der Waals surface area contributed by atoms with Crippen molar-refractivity contribution in [1.29, 1.82) is 0 Å². The summed E-state index contributed by atoms with van der Waals surface area (Å²) in [5.41, 5.74) is 3.01. The lowest BCUT2D eigenvalue weighted by molar-refractivity contribution is -0.129. The van der Waals surface area contributed by atoms with Crippen LogP contribution in [0.4, 0.5) is 0 Å². The summed E-state index contributed by atoms with van der Waals surface area (Å²) in [7, 11) is -1.30. The Hall–Kier alpha value is -0.633. The van der Waals surface area contributed by atoms with Crippen LogP contribution in [0, 0.1) is 28.6 Å². The summed E-state index contributed by atoms with van der Waals surface area (Å²) in [6.45, 7) is 17.5. The molecule has 2 heteroatoms. The van der Waals surface area contributed by atoms with Crippen molar-refractivity contribution in [3.8, 4) is 0 Å². The average Bonchev–Trinajstić information content (AvgIpc) is 2.88. The van der Waals surface area contributed by atoms with Crippen molar-refractivity contribution in [2.45, 2.75) is 96.8 Å². The molecule has 0 aromatic heterocycles. The molecule has 4 rings (SSSR count). The maximum absolute atomic E-state index is 12.5. The van der Waals surface area contributed by atoms with Gasteiger partial charge in [-0.05, 0) is 71.9 Å². The third-order valence-corrected chi connectivity index (χ3v) is 16.7. The predicted octanol–water partition coefficient (Wildman–Crippen LogP) is 7.17. The zero-order valence-electron chi connectivity index (χ0n) is 18.7. The van der Waals surface area contributed by atoms with Gasteiger partial charge in [0.1, 0.15) is 0 Å². The van der Waals surface area contributed by atoms with Crippen LogP contribution in [0.5, 0.6) is 0 Å². The molecule has 0 saturated heterocycles. The monoisotopic (exact) mass is 384 g/mol. The van der Waals surface area contributed by atoms with Crippen LogP contribution in [-0.4, -0.2) is 13.9 Å². The summed E-state index contributed by atoms with van der Waals surface area (Å²) < 4.78 is 0. The first-order valence-corrected chi connectivity index (χ1v) is 14.4. The van der Waals surface area contributed by atoms with Crippen LogP contribution in [0.3, 0.4) is 0 Å².